The van der Waals surface area contributed by atoms with Crippen LogP contribution in [0.1, 0.15) is 91.3 Å². The predicted molar refractivity (Wildman–Crippen MR) is 153 cm³/mol. The summed E-state index contributed by atoms with van der Waals surface area (Å²) in [6.45, 7) is 0. The first kappa shape index (κ1) is 22.7. The second-order valence-corrected chi connectivity index (χ2v) is 11.2. The summed E-state index contributed by atoms with van der Waals surface area (Å²) >= 11 is 0. The molecule has 2 aliphatic rings. The van der Waals surface area contributed by atoms with Crippen LogP contribution >= 0.6 is 0 Å². The van der Waals surface area contributed by atoms with Crippen LogP contribution < -0.4 is 0 Å². The second-order valence-electron chi connectivity index (χ2n) is 11.2. The Bertz CT molecular complexity index is 1550. The van der Waals surface area contributed by atoms with Gasteiger partial charge in [-0.1, -0.05) is 106 Å². The molecule has 5 aromatic carbocycles. The van der Waals surface area contributed by atoms with Crippen molar-refractivity contribution < 1.29 is 9.59 Å². The number of rotatable bonds is 1. The van der Waals surface area contributed by atoms with Crippen LogP contribution in [0, 0.1) is 0 Å². The van der Waals surface area contributed by atoms with Gasteiger partial charge in [0.25, 0.3) is 11.8 Å². The van der Waals surface area contributed by atoms with Gasteiger partial charge in [0.15, 0.2) is 0 Å². The van der Waals surface area contributed by atoms with E-state index in [-0.39, 0.29) is 17.9 Å². The zero-order valence-electron chi connectivity index (χ0n) is 21.4. The van der Waals surface area contributed by atoms with Crippen molar-refractivity contribution in [2.75, 3.05) is 0 Å². The molecule has 0 bridgehead atoms. The van der Waals surface area contributed by atoms with Crippen LogP contribution in [0.15, 0.2) is 60.7 Å². The molecule has 0 radical (unpaired) electrons. The summed E-state index contributed by atoms with van der Waals surface area (Å²) in [5.74, 6) is -0.203. The molecule has 1 fully saturated rings. The van der Waals surface area contributed by atoms with Crippen molar-refractivity contribution in [2.45, 2.75) is 76.7 Å². The van der Waals surface area contributed by atoms with E-state index < -0.39 is 0 Å². The first-order valence-corrected chi connectivity index (χ1v) is 14.2. The Balaban J connectivity index is 1.38. The lowest BCUT2D eigenvalue weighted by Crippen LogP contribution is -2.47. The summed E-state index contributed by atoms with van der Waals surface area (Å²) in [5, 5.41) is 9.00. The lowest BCUT2D eigenvalue weighted by atomic mass is 9.84. The maximum Gasteiger partial charge on any atom is 0.261 e. The molecule has 3 heteroatoms. The summed E-state index contributed by atoms with van der Waals surface area (Å²) in [4.78, 5) is 29.8. The number of imide groups is 1. The van der Waals surface area contributed by atoms with E-state index in [1.807, 2.05) is 12.1 Å². The van der Waals surface area contributed by atoms with Crippen molar-refractivity contribution in [3.05, 3.63) is 71.8 Å². The molecule has 0 saturated heterocycles. The fourth-order valence-corrected chi connectivity index (χ4v) is 7.17. The Morgan fingerprint density at radius 1 is 0.486 bits per heavy atom. The Morgan fingerprint density at radius 2 is 0.946 bits per heavy atom. The fourth-order valence-electron chi connectivity index (χ4n) is 7.17. The molecular weight excluding hydrogens is 454 g/mol. The van der Waals surface area contributed by atoms with Crippen molar-refractivity contribution in [1.82, 2.24) is 4.90 Å². The minimum atomic E-state index is -0.102. The molecule has 0 spiro atoms. The average Bonchev–Trinajstić information content (AvgIpc) is 2.91. The zero-order chi connectivity index (χ0) is 24.9. The van der Waals surface area contributed by atoms with Crippen LogP contribution in [0.5, 0.6) is 0 Å². The highest BCUT2D eigenvalue weighted by Crippen LogP contribution is 2.44. The molecule has 7 rings (SSSR count). The highest BCUT2D eigenvalue weighted by molar-refractivity contribution is 6.38. The van der Waals surface area contributed by atoms with E-state index in [1.165, 1.54) is 66.5 Å². The molecule has 2 amide bonds. The number of hydrogen-bond donors (Lipinski definition) is 0. The molecule has 186 valence electrons. The van der Waals surface area contributed by atoms with Crippen molar-refractivity contribution in [2.24, 2.45) is 0 Å². The van der Waals surface area contributed by atoms with Gasteiger partial charge in [0.1, 0.15) is 0 Å². The summed E-state index contributed by atoms with van der Waals surface area (Å²) in [6.07, 6.45) is 12.9. The topological polar surface area (TPSA) is 37.4 Å². The van der Waals surface area contributed by atoms with Gasteiger partial charge in [0, 0.05) is 22.6 Å². The average molecular weight is 488 g/mol. The van der Waals surface area contributed by atoms with Crippen LogP contribution in [0.2, 0.25) is 0 Å². The molecule has 0 N–H and O–H groups in total. The number of nitrogens with zero attached hydrogens (tertiary/aromatic N) is 1. The lowest BCUT2D eigenvalue weighted by molar-refractivity contribution is 0.0517. The molecule has 1 aliphatic carbocycles. The standard InChI is InChI=1S/C34H33NO2/c36-33-28-20-18-26-24-16-10-12-22-13-11-17-25(30(22)24)27-19-21-29(32(28)31(26)27)34(37)35(33)23-14-8-6-4-2-1-3-5-7-9-15-23/h10-13,16-21,23H,1-9,14-15H2. The third-order valence-electron chi connectivity index (χ3n) is 8.98. The molecule has 37 heavy (non-hydrogen) atoms. The first-order valence-electron chi connectivity index (χ1n) is 14.2. The van der Waals surface area contributed by atoms with Crippen LogP contribution in [0.4, 0.5) is 0 Å². The van der Waals surface area contributed by atoms with Crippen molar-refractivity contribution in [3.63, 3.8) is 0 Å². The summed E-state index contributed by atoms with van der Waals surface area (Å²) in [6, 6.07) is 21.0. The normalized spacial score (nSPS) is 18.6. The number of amides is 2. The molecule has 1 saturated carbocycles. The monoisotopic (exact) mass is 487 g/mol. The highest BCUT2D eigenvalue weighted by Gasteiger charge is 2.38. The van der Waals surface area contributed by atoms with Gasteiger partial charge < -0.3 is 0 Å². The minimum Gasteiger partial charge on any atom is -0.271 e. The molecule has 0 atom stereocenters. The van der Waals surface area contributed by atoms with E-state index in [4.69, 9.17) is 0 Å². The molecule has 0 aromatic heterocycles. The lowest BCUT2D eigenvalue weighted by Gasteiger charge is -2.35. The Kier molecular flexibility index (Phi) is 5.61. The third kappa shape index (κ3) is 3.54. The SMILES string of the molecule is O=C1c2ccc3c4cccc5cccc(c6ccc(c2c36)C(=O)N1C1CCCCCCCCCCC1)c54. The smallest absolute Gasteiger partial charge is 0.261 e. The van der Waals surface area contributed by atoms with E-state index >= 15 is 0 Å². The molecule has 1 heterocycles. The maximum atomic E-state index is 14.1. The van der Waals surface area contributed by atoms with Crippen LogP contribution in [-0.2, 0) is 0 Å². The van der Waals surface area contributed by atoms with Crippen LogP contribution in [0.25, 0.3) is 43.1 Å². The number of fused-ring (bicyclic) bond motifs is 2. The van der Waals surface area contributed by atoms with Crippen LogP contribution in [-0.4, -0.2) is 22.8 Å². The zero-order valence-corrected chi connectivity index (χ0v) is 21.4. The highest BCUT2D eigenvalue weighted by atomic mass is 16.2. The molecule has 3 nitrogen and oxygen atoms in total. The van der Waals surface area contributed by atoms with Gasteiger partial charge in [-0.15, -0.1) is 0 Å². The van der Waals surface area contributed by atoms with Gasteiger partial charge in [0.2, 0.25) is 0 Å². The molecule has 5 aromatic rings. The Labute approximate surface area is 217 Å². The third-order valence-corrected chi connectivity index (χ3v) is 8.98. The van der Waals surface area contributed by atoms with E-state index in [9.17, 15) is 9.59 Å². The second kappa shape index (κ2) is 9.13. The maximum absolute atomic E-state index is 14.1. The van der Waals surface area contributed by atoms with Gasteiger partial charge in [0.05, 0.1) is 0 Å². The number of carbonyl (C=O) groups excluding carboxylic acids is 2. The summed E-state index contributed by atoms with van der Waals surface area (Å²) < 4.78 is 0. The van der Waals surface area contributed by atoms with E-state index in [0.29, 0.717) is 11.1 Å². The Hall–Kier alpha value is -3.46. The minimum absolute atomic E-state index is 0.00985. The molecule has 1 aliphatic heterocycles. The van der Waals surface area contributed by atoms with Crippen LogP contribution in [0.3, 0.4) is 0 Å². The number of carbonyl (C=O) groups is 2. The summed E-state index contributed by atoms with van der Waals surface area (Å²) in [7, 11) is 0. The van der Waals surface area contributed by atoms with Gasteiger partial charge in [-0.25, -0.2) is 0 Å². The molecule has 0 unspecified atom stereocenters. The summed E-state index contributed by atoms with van der Waals surface area (Å²) in [5.41, 5.74) is 1.38. The van der Waals surface area contributed by atoms with E-state index in [2.05, 4.69) is 48.5 Å². The molecular formula is C34H33NO2. The number of hydrogen-bond acceptors (Lipinski definition) is 2. The van der Waals surface area contributed by atoms with Gasteiger partial charge >= 0.3 is 0 Å². The largest absolute Gasteiger partial charge is 0.271 e. The first-order chi connectivity index (χ1) is 18.2. The van der Waals surface area contributed by atoms with Crippen molar-refractivity contribution >= 4 is 54.9 Å². The quantitative estimate of drug-likeness (QED) is 0.134. The van der Waals surface area contributed by atoms with Crippen molar-refractivity contribution in [1.29, 1.82) is 0 Å². The fraction of sp³-hybridized carbons (Fsp3) is 0.353. The number of benzene rings is 5. The van der Waals surface area contributed by atoms with Gasteiger partial charge in [-0.05, 0) is 62.7 Å². The van der Waals surface area contributed by atoms with Gasteiger partial charge in [-0.2, -0.15) is 0 Å². The van der Waals surface area contributed by atoms with Gasteiger partial charge in [-0.3, -0.25) is 14.5 Å². The van der Waals surface area contributed by atoms with Crippen molar-refractivity contribution in [3.8, 4) is 0 Å². The van der Waals surface area contributed by atoms with E-state index in [1.54, 1.807) is 4.90 Å². The van der Waals surface area contributed by atoms with E-state index in [0.717, 1.165) is 47.2 Å². The predicted octanol–water partition coefficient (Wildman–Crippen LogP) is 9.01. The Morgan fingerprint density at radius 3 is 1.46 bits per heavy atom.